The zero-order valence-corrected chi connectivity index (χ0v) is 8.99. The molecule has 11 heavy (non-hydrogen) atoms. The largest absolute Gasteiger partial charge is 0.366 e. The van der Waals surface area contributed by atoms with Gasteiger partial charge in [0.05, 0.1) is 0 Å². The van der Waals surface area contributed by atoms with E-state index in [4.69, 9.17) is 9.79 Å². The molecule has 2 N–H and O–H groups in total. The van der Waals surface area contributed by atoms with Gasteiger partial charge in [-0.2, -0.15) is 0 Å². The number of hydrogen-bond acceptors (Lipinski definition) is 1. The molecule has 0 aromatic rings. The first-order valence-corrected chi connectivity index (χ1v) is 8.11. The summed E-state index contributed by atoms with van der Waals surface area (Å²) in [4.78, 5) is 18.2. The molecule has 0 heterocycles. The van der Waals surface area contributed by atoms with Crippen molar-refractivity contribution in [2.75, 3.05) is 17.3 Å². The molecule has 0 bridgehead atoms. The number of rotatable bonds is 4. The first kappa shape index (κ1) is 11.5. The van der Waals surface area contributed by atoms with Gasteiger partial charge in [0, 0.05) is 0 Å². The minimum absolute atomic E-state index is 0.629. The van der Waals surface area contributed by atoms with Crippen LogP contribution in [0.3, 0.4) is 0 Å². The second kappa shape index (κ2) is 3.94. The van der Waals surface area contributed by atoms with Crippen LogP contribution in [0.15, 0.2) is 0 Å². The Bertz CT molecular complexity index is 153. The molecule has 0 saturated carbocycles. The van der Waals surface area contributed by atoms with E-state index in [0.717, 1.165) is 0 Å². The highest BCUT2D eigenvalue weighted by molar-refractivity contribution is 8.76. The predicted molar refractivity (Wildman–Crippen MR) is 51.3 cm³/mol. The Morgan fingerprint density at radius 3 is 1.36 bits per heavy atom. The second-order valence-corrected chi connectivity index (χ2v) is 10.8. The standard InChI is InChI=1S/C6H17O3PS/c1-4-11(5-2,6-3)10(7,8)9/h4-6H2,1-3H3,(H2,7,8,9). The lowest BCUT2D eigenvalue weighted by atomic mass is 10.9. The monoisotopic (exact) mass is 200 g/mol. The van der Waals surface area contributed by atoms with Crippen LogP contribution < -0.4 is 0 Å². The summed E-state index contributed by atoms with van der Waals surface area (Å²) in [6.07, 6.45) is 0. The van der Waals surface area contributed by atoms with Crippen LogP contribution in [0.25, 0.3) is 0 Å². The fourth-order valence-corrected chi connectivity index (χ4v) is 6.38. The third-order valence-corrected chi connectivity index (χ3v) is 11.7. The Morgan fingerprint density at radius 1 is 1.09 bits per heavy atom. The van der Waals surface area contributed by atoms with E-state index in [0.29, 0.717) is 17.3 Å². The van der Waals surface area contributed by atoms with Crippen LogP contribution in [-0.2, 0) is 4.57 Å². The van der Waals surface area contributed by atoms with Gasteiger partial charge in [-0.15, -0.1) is 9.65 Å². The summed E-state index contributed by atoms with van der Waals surface area (Å²) in [6.45, 7) is 1.76. The molecule has 0 fully saturated rings. The fraction of sp³-hybridized carbons (Fsp3) is 1.00. The van der Waals surface area contributed by atoms with Crippen molar-refractivity contribution in [3.8, 4) is 0 Å². The van der Waals surface area contributed by atoms with Crippen molar-refractivity contribution in [3.63, 3.8) is 0 Å². The van der Waals surface area contributed by atoms with E-state index in [1.165, 1.54) is 0 Å². The van der Waals surface area contributed by atoms with Crippen LogP contribution in [0, 0.1) is 0 Å². The lowest BCUT2D eigenvalue weighted by molar-refractivity contribution is 0.395. The van der Waals surface area contributed by atoms with E-state index in [2.05, 4.69) is 0 Å². The molecule has 0 aliphatic heterocycles. The molecule has 70 valence electrons. The summed E-state index contributed by atoms with van der Waals surface area (Å²) >= 11 is 0. The van der Waals surface area contributed by atoms with Crippen LogP contribution in [0.4, 0.5) is 0 Å². The van der Waals surface area contributed by atoms with Crippen LogP contribution in [0.1, 0.15) is 20.8 Å². The van der Waals surface area contributed by atoms with Gasteiger partial charge in [0.25, 0.3) is 0 Å². The Balaban J connectivity index is 4.70. The molecule has 0 atom stereocenters. The lowest BCUT2D eigenvalue weighted by Crippen LogP contribution is -2.08. The highest BCUT2D eigenvalue weighted by Gasteiger charge is 2.36. The first-order chi connectivity index (χ1) is 4.93. The molecule has 3 nitrogen and oxygen atoms in total. The molecule has 0 aliphatic carbocycles. The van der Waals surface area contributed by atoms with E-state index < -0.39 is 16.4 Å². The van der Waals surface area contributed by atoms with Gasteiger partial charge in [0.2, 0.25) is 0 Å². The maximum atomic E-state index is 11.1. The minimum atomic E-state index is -3.82. The van der Waals surface area contributed by atoms with Crippen LogP contribution in [0.5, 0.6) is 0 Å². The molecular weight excluding hydrogens is 183 g/mol. The van der Waals surface area contributed by atoms with Crippen molar-refractivity contribution in [1.82, 2.24) is 0 Å². The smallest absolute Gasteiger partial charge is 0.318 e. The third-order valence-electron chi connectivity index (χ3n) is 2.12. The summed E-state index contributed by atoms with van der Waals surface area (Å²) in [5, 5.41) is 0. The average Bonchev–Trinajstić information content (AvgIpc) is 1.90. The molecule has 5 heteroatoms. The maximum absolute atomic E-state index is 11.1. The molecule has 0 aromatic carbocycles. The van der Waals surface area contributed by atoms with Gasteiger partial charge in [-0.3, -0.25) is 0 Å². The topological polar surface area (TPSA) is 57.5 Å². The van der Waals surface area contributed by atoms with Crippen LogP contribution in [-0.4, -0.2) is 27.0 Å². The quantitative estimate of drug-likeness (QED) is 0.682. The SMILES string of the molecule is CCS(CC)(CC)P(=O)(O)O. The van der Waals surface area contributed by atoms with E-state index in [-0.39, 0.29) is 0 Å². The summed E-state index contributed by atoms with van der Waals surface area (Å²) < 4.78 is 11.1. The molecule has 0 radical (unpaired) electrons. The zero-order valence-electron chi connectivity index (χ0n) is 7.28. The summed E-state index contributed by atoms with van der Waals surface area (Å²) in [5.74, 6) is 1.89. The van der Waals surface area contributed by atoms with Gasteiger partial charge in [0.15, 0.2) is 0 Å². The van der Waals surface area contributed by atoms with Gasteiger partial charge in [-0.1, -0.05) is 20.8 Å². The van der Waals surface area contributed by atoms with Crippen molar-refractivity contribution in [3.05, 3.63) is 0 Å². The summed E-state index contributed by atoms with van der Waals surface area (Å²) in [5.41, 5.74) is 0. The molecule has 0 aliphatic rings. The highest BCUT2D eigenvalue weighted by atomic mass is 32.8. The van der Waals surface area contributed by atoms with Crippen molar-refractivity contribution >= 4 is 16.4 Å². The fourth-order valence-electron chi connectivity index (χ4n) is 1.12. The van der Waals surface area contributed by atoms with Gasteiger partial charge >= 0.3 is 6.80 Å². The maximum Gasteiger partial charge on any atom is 0.366 e. The van der Waals surface area contributed by atoms with Crippen LogP contribution >= 0.6 is 16.4 Å². The average molecular weight is 200 g/mol. The van der Waals surface area contributed by atoms with Crippen molar-refractivity contribution < 1.29 is 14.4 Å². The van der Waals surface area contributed by atoms with Crippen molar-refractivity contribution in [2.24, 2.45) is 0 Å². The van der Waals surface area contributed by atoms with E-state index >= 15 is 0 Å². The molecule has 0 saturated heterocycles. The normalized spacial score (nSPS) is 15.0. The van der Waals surface area contributed by atoms with E-state index in [1.54, 1.807) is 0 Å². The Morgan fingerprint density at radius 2 is 1.36 bits per heavy atom. The zero-order chi connectivity index (χ0) is 9.12. The van der Waals surface area contributed by atoms with Gasteiger partial charge in [-0.05, 0) is 17.3 Å². The Hall–Kier alpha value is 0.500. The third kappa shape index (κ3) is 2.22. The number of hydrogen-bond donors (Lipinski definition) is 2. The first-order valence-electron chi connectivity index (χ1n) is 3.75. The van der Waals surface area contributed by atoms with E-state index in [9.17, 15) is 4.57 Å². The molecule has 0 spiro atoms. The summed E-state index contributed by atoms with van der Waals surface area (Å²) in [6, 6.07) is 0. The Labute approximate surface area is 69.4 Å². The molecule has 0 amide bonds. The van der Waals surface area contributed by atoms with Gasteiger partial charge in [-0.25, -0.2) is 4.57 Å². The molecule has 0 unspecified atom stereocenters. The molecular formula is C6H17O3PS. The molecule has 0 rings (SSSR count). The minimum Gasteiger partial charge on any atom is -0.318 e. The Kier molecular flexibility index (Phi) is 4.12. The predicted octanol–water partition coefficient (Wildman–Crippen LogP) is 1.94. The van der Waals surface area contributed by atoms with Crippen molar-refractivity contribution in [1.29, 1.82) is 0 Å². The van der Waals surface area contributed by atoms with Crippen LogP contribution in [0.2, 0.25) is 0 Å². The van der Waals surface area contributed by atoms with E-state index in [1.807, 2.05) is 20.8 Å². The molecule has 0 aromatic heterocycles. The van der Waals surface area contributed by atoms with Gasteiger partial charge < -0.3 is 9.79 Å². The second-order valence-electron chi connectivity index (χ2n) is 2.36. The van der Waals surface area contributed by atoms with Crippen molar-refractivity contribution in [2.45, 2.75) is 20.8 Å². The van der Waals surface area contributed by atoms with Gasteiger partial charge in [0.1, 0.15) is 0 Å². The highest BCUT2D eigenvalue weighted by Crippen LogP contribution is 2.76. The summed E-state index contributed by atoms with van der Waals surface area (Å²) in [7, 11) is -1.66. The lowest BCUT2D eigenvalue weighted by Gasteiger charge is -2.36.